The van der Waals surface area contributed by atoms with Gasteiger partial charge in [-0.1, -0.05) is 30.3 Å². The van der Waals surface area contributed by atoms with Crippen molar-refractivity contribution in [2.24, 2.45) is 0 Å². The van der Waals surface area contributed by atoms with Crippen molar-refractivity contribution in [1.29, 1.82) is 0 Å². The van der Waals surface area contributed by atoms with E-state index in [0.717, 1.165) is 16.9 Å². The van der Waals surface area contributed by atoms with Crippen molar-refractivity contribution in [3.05, 3.63) is 45.1 Å². The van der Waals surface area contributed by atoms with Gasteiger partial charge >= 0.3 is 0 Å². The fraction of sp³-hybridized carbons (Fsp3) is 0.235. The average molecular weight is 394 g/mol. The number of ether oxygens (including phenoxy) is 1. The third-order valence-electron chi connectivity index (χ3n) is 3.50. The zero-order valence-corrected chi connectivity index (χ0v) is 16.1. The minimum absolute atomic E-state index is 0.0846. The van der Waals surface area contributed by atoms with Crippen LogP contribution >= 0.6 is 34.7 Å². The summed E-state index contributed by atoms with van der Waals surface area (Å²) in [6.45, 7) is 2.08. The van der Waals surface area contributed by atoms with Gasteiger partial charge in [0.1, 0.15) is 5.75 Å². The highest BCUT2D eigenvalue weighted by Crippen LogP contribution is 2.31. The Labute approximate surface area is 158 Å². The van der Waals surface area contributed by atoms with Gasteiger partial charge in [-0.2, -0.15) is 0 Å². The summed E-state index contributed by atoms with van der Waals surface area (Å²) >= 11 is 8.89. The van der Waals surface area contributed by atoms with Crippen LogP contribution < -0.4 is 4.74 Å². The molecule has 0 aliphatic heterocycles. The van der Waals surface area contributed by atoms with Crippen LogP contribution in [0.5, 0.6) is 5.75 Å². The van der Waals surface area contributed by atoms with Gasteiger partial charge in [0, 0.05) is 9.90 Å². The van der Waals surface area contributed by atoms with Crippen molar-refractivity contribution in [2.45, 2.75) is 18.5 Å². The van der Waals surface area contributed by atoms with Gasteiger partial charge in [-0.05, 0) is 36.8 Å². The van der Waals surface area contributed by atoms with Crippen molar-refractivity contribution in [3.63, 3.8) is 0 Å². The molecule has 3 rings (SSSR count). The molecular weight excluding hydrogens is 378 g/mol. The molecule has 1 N–H and O–H groups in total. The van der Waals surface area contributed by atoms with Crippen LogP contribution in [0, 0.1) is 0 Å². The first-order chi connectivity index (χ1) is 12.1. The SMILES string of the molecule is CCc1ccc(C(=O)CSc2n[nH]c(-c3cc(Cl)ccc3OC)n2)s1. The monoisotopic (exact) mass is 393 g/mol. The molecule has 2 heterocycles. The van der Waals surface area contributed by atoms with Gasteiger partial charge in [0.25, 0.3) is 0 Å². The molecule has 0 amide bonds. The largest absolute Gasteiger partial charge is 0.496 e. The summed E-state index contributed by atoms with van der Waals surface area (Å²) in [5.41, 5.74) is 0.728. The number of carbonyl (C=O) groups is 1. The predicted molar refractivity (Wildman–Crippen MR) is 102 cm³/mol. The van der Waals surface area contributed by atoms with Crippen LogP contribution in [0.25, 0.3) is 11.4 Å². The molecule has 130 valence electrons. The first kappa shape index (κ1) is 18.0. The van der Waals surface area contributed by atoms with Gasteiger partial charge in [0.05, 0.1) is 23.3 Å². The van der Waals surface area contributed by atoms with E-state index in [-0.39, 0.29) is 5.78 Å². The molecule has 0 unspecified atom stereocenters. The van der Waals surface area contributed by atoms with E-state index in [1.165, 1.54) is 16.6 Å². The second-order valence-corrected chi connectivity index (χ2v) is 7.69. The molecule has 0 saturated heterocycles. The Kier molecular flexibility index (Phi) is 5.78. The molecule has 2 aromatic heterocycles. The van der Waals surface area contributed by atoms with Crippen LogP contribution in [0.2, 0.25) is 5.02 Å². The Balaban J connectivity index is 1.70. The Morgan fingerprint density at radius 2 is 2.20 bits per heavy atom. The average Bonchev–Trinajstić information content (AvgIpc) is 3.29. The van der Waals surface area contributed by atoms with Gasteiger partial charge in [0.2, 0.25) is 5.16 Å². The number of aromatic amines is 1. The molecular formula is C17H16ClN3O2S2. The van der Waals surface area contributed by atoms with Crippen molar-refractivity contribution >= 4 is 40.5 Å². The lowest BCUT2D eigenvalue weighted by Gasteiger charge is -2.05. The molecule has 0 radical (unpaired) electrons. The molecule has 0 aliphatic rings. The van der Waals surface area contributed by atoms with E-state index in [2.05, 4.69) is 22.1 Å². The van der Waals surface area contributed by atoms with E-state index in [0.29, 0.717) is 27.5 Å². The van der Waals surface area contributed by atoms with Crippen LogP contribution in [0.4, 0.5) is 0 Å². The highest BCUT2D eigenvalue weighted by molar-refractivity contribution is 7.99. The van der Waals surface area contributed by atoms with E-state index < -0.39 is 0 Å². The number of ketones is 1. The quantitative estimate of drug-likeness (QED) is 0.464. The predicted octanol–water partition coefficient (Wildman–Crippen LogP) is 4.73. The van der Waals surface area contributed by atoms with Gasteiger partial charge in [-0.3, -0.25) is 9.89 Å². The highest BCUT2D eigenvalue weighted by atomic mass is 35.5. The molecule has 8 heteroatoms. The first-order valence-corrected chi connectivity index (χ1v) is 9.79. The van der Waals surface area contributed by atoms with Crippen LogP contribution in [-0.4, -0.2) is 33.8 Å². The van der Waals surface area contributed by atoms with Gasteiger partial charge in [-0.15, -0.1) is 16.4 Å². The van der Waals surface area contributed by atoms with Crippen LogP contribution in [0.1, 0.15) is 21.5 Å². The molecule has 1 aromatic carbocycles. The summed E-state index contributed by atoms with van der Waals surface area (Å²) in [7, 11) is 1.59. The summed E-state index contributed by atoms with van der Waals surface area (Å²) < 4.78 is 5.33. The van der Waals surface area contributed by atoms with Crippen molar-refractivity contribution < 1.29 is 9.53 Å². The third-order valence-corrected chi connectivity index (χ3v) is 5.85. The lowest BCUT2D eigenvalue weighted by molar-refractivity contribution is 0.102. The first-order valence-electron chi connectivity index (χ1n) is 7.61. The number of hydrogen-bond acceptors (Lipinski definition) is 6. The Hall–Kier alpha value is -1.83. The molecule has 5 nitrogen and oxygen atoms in total. The maximum Gasteiger partial charge on any atom is 0.209 e. The molecule has 0 bridgehead atoms. The summed E-state index contributed by atoms with van der Waals surface area (Å²) in [4.78, 5) is 18.7. The standard InChI is InChI=1S/C17H16ClN3O2S2/c1-3-11-5-7-15(25-11)13(22)9-24-17-19-16(20-21-17)12-8-10(18)4-6-14(12)23-2/h4-8H,3,9H2,1-2H3,(H,19,20,21). The lowest BCUT2D eigenvalue weighted by atomic mass is 10.2. The molecule has 0 aliphatic carbocycles. The number of thioether (sulfide) groups is 1. The van der Waals surface area contributed by atoms with Gasteiger partial charge in [-0.25, -0.2) is 4.98 Å². The fourth-order valence-corrected chi connectivity index (χ4v) is 4.05. The number of benzene rings is 1. The second-order valence-electron chi connectivity index (χ2n) is 5.14. The number of nitrogens with zero attached hydrogens (tertiary/aromatic N) is 2. The maximum atomic E-state index is 12.3. The van der Waals surface area contributed by atoms with Crippen LogP contribution in [-0.2, 0) is 6.42 Å². The van der Waals surface area contributed by atoms with Crippen molar-refractivity contribution in [2.75, 3.05) is 12.9 Å². The van der Waals surface area contributed by atoms with E-state index in [1.807, 2.05) is 12.1 Å². The van der Waals surface area contributed by atoms with Gasteiger partial charge in [0.15, 0.2) is 11.6 Å². The molecule has 25 heavy (non-hydrogen) atoms. The number of carbonyl (C=O) groups excluding carboxylic acids is 1. The number of aryl methyl sites for hydroxylation is 1. The summed E-state index contributed by atoms with van der Waals surface area (Å²) in [6, 6.07) is 9.17. The molecule has 3 aromatic rings. The van der Waals surface area contributed by atoms with Crippen molar-refractivity contribution in [3.8, 4) is 17.1 Å². The number of thiophene rings is 1. The van der Waals surface area contributed by atoms with E-state index in [4.69, 9.17) is 16.3 Å². The smallest absolute Gasteiger partial charge is 0.209 e. The normalized spacial score (nSPS) is 10.8. The Morgan fingerprint density at radius 1 is 1.36 bits per heavy atom. The summed E-state index contributed by atoms with van der Waals surface area (Å²) in [5.74, 6) is 1.59. The Bertz CT molecular complexity index is 892. The minimum Gasteiger partial charge on any atom is -0.496 e. The molecule has 0 spiro atoms. The number of halogens is 1. The maximum absolute atomic E-state index is 12.3. The number of rotatable bonds is 7. The molecule has 0 saturated carbocycles. The number of H-pyrrole nitrogens is 1. The van der Waals surface area contributed by atoms with Crippen LogP contribution in [0.3, 0.4) is 0 Å². The Morgan fingerprint density at radius 3 is 2.92 bits per heavy atom. The molecule has 0 atom stereocenters. The summed E-state index contributed by atoms with van der Waals surface area (Å²) in [6.07, 6.45) is 0.941. The topological polar surface area (TPSA) is 67.9 Å². The highest BCUT2D eigenvalue weighted by Gasteiger charge is 2.14. The summed E-state index contributed by atoms with van der Waals surface area (Å²) in [5, 5.41) is 8.13. The van der Waals surface area contributed by atoms with Crippen LogP contribution in [0.15, 0.2) is 35.5 Å². The fourth-order valence-electron chi connectivity index (χ4n) is 2.22. The lowest BCUT2D eigenvalue weighted by Crippen LogP contribution is -1.99. The number of nitrogens with one attached hydrogen (secondary N) is 1. The minimum atomic E-state index is 0.0846. The zero-order valence-electron chi connectivity index (χ0n) is 13.7. The van der Waals surface area contributed by atoms with Crippen molar-refractivity contribution in [1.82, 2.24) is 15.2 Å². The number of methoxy groups -OCH3 is 1. The van der Waals surface area contributed by atoms with E-state index in [1.54, 1.807) is 36.6 Å². The number of hydrogen-bond donors (Lipinski definition) is 1. The molecule has 0 fully saturated rings. The van der Waals surface area contributed by atoms with E-state index >= 15 is 0 Å². The third kappa shape index (κ3) is 4.23. The second kappa shape index (κ2) is 8.03. The number of Topliss-reactive ketones (excluding diaryl/α,β-unsaturated/α-hetero) is 1. The van der Waals surface area contributed by atoms with E-state index in [9.17, 15) is 4.79 Å². The zero-order chi connectivity index (χ0) is 17.8. The number of aromatic nitrogens is 3. The van der Waals surface area contributed by atoms with Gasteiger partial charge < -0.3 is 4.74 Å².